The van der Waals surface area contributed by atoms with E-state index < -0.39 is 5.60 Å². The molecule has 35 heavy (non-hydrogen) atoms. The highest BCUT2D eigenvalue weighted by Crippen LogP contribution is 2.39. The van der Waals surface area contributed by atoms with Gasteiger partial charge in [-0.05, 0) is 70.7 Å². The molecule has 0 saturated heterocycles. The van der Waals surface area contributed by atoms with Gasteiger partial charge in [-0.1, -0.05) is 18.2 Å². The Hall–Kier alpha value is -3.55. The Kier molecular flexibility index (Phi) is 6.13. The molecule has 0 bridgehead atoms. The highest BCUT2D eigenvalue weighted by atomic mass is 16.6. The number of carbonyl (C=O) groups is 1. The number of carbonyl (C=O) groups excluding carboxylic acids is 1. The van der Waals surface area contributed by atoms with Gasteiger partial charge in [0.1, 0.15) is 18.0 Å². The van der Waals surface area contributed by atoms with E-state index in [1.165, 1.54) is 0 Å². The second kappa shape index (κ2) is 9.24. The summed E-state index contributed by atoms with van der Waals surface area (Å²) in [7, 11) is 0. The van der Waals surface area contributed by atoms with E-state index in [9.17, 15) is 4.79 Å². The van der Waals surface area contributed by atoms with Gasteiger partial charge >= 0.3 is 6.09 Å². The molecule has 1 aliphatic heterocycles. The molecule has 1 fully saturated rings. The molecular formula is C27H33N5O3. The molecule has 1 saturated carbocycles. The van der Waals surface area contributed by atoms with Gasteiger partial charge in [0.25, 0.3) is 0 Å². The fraction of sp³-hybridized carbons (Fsp3) is 0.444. The number of alkyl carbamates (subject to hydrolysis) is 1. The van der Waals surface area contributed by atoms with Crippen LogP contribution in [0.1, 0.15) is 45.7 Å². The fourth-order valence-electron chi connectivity index (χ4n) is 4.81. The number of rotatable bonds is 4. The number of ether oxygens (including phenoxy) is 2. The molecule has 5 rings (SSSR count). The molecule has 2 heterocycles. The number of hydrogen-bond acceptors (Lipinski definition) is 7. The normalized spacial score (nSPS) is 19.4. The Balaban J connectivity index is 1.30. The molecule has 3 N–H and O–H groups in total. The van der Waals surface area contributed by atoms with E-state index >= 15 is 0 Å². The molecule has 184 valence electrons. The quantitative estimate of drug-likeness (QED) is 0.473. The predicted octanol–water partition coefficient (Wildman–Crippen LogP) is 5.27. The summed E-state index contributed by atoms with van der Waals surface area (Å²) in [6.07, 6.45) is 2.28. The smallest absolute Gasteiger partial charge is 0.407 e. The lowest BCUT2D eigenvalue weighted by molar-refractivity contribution is 0.0505. The molecule has 1 aliphatic carbocycles. The van der Waals surface area contributed by atoms with Crippen molar-refractivity contribution < 1.29 is 14.3 Å². The Morgan fingerprint density at radius 1 is 1.14 bits per heavy atom. The minimum absolute atomic E-state index is 0.0833. The predicted molar refractivity (Wildman–Crippen MR) is 138 cm³/mol. The molecule has 0 radical (unpaired) electrons. The minimum atomic E-state index is -0.500. The summed E-state index contributed by atoms with van der Waals surface area (Å²) in [5.41, 5.74) is 4.49. The summed E-state index contributed by atoms with van der Waals surface area (Å²) >= 11 is 0. The van der Waals surface area contributed by atoms with Gasteiger partial charge in [0.2, 0.25) is 5.95 Å². The van der Waals surface area contributed by atoms with Gasteiger partial charge in [-0.25, -0.2) is 14.8 Å². The molecule has 3 aromatic rings. The lowest BCUT2D eigenvalue weighted by Gasteiger charge is -2.22. The second-order valence-corrected chi connectivity index (χ2v) is 10.3. The lowest BCUT2D eigenvalue weighted by atomic mass is 10.0. The first kappa shape index (κ1) is 23.2. The van der Waals surface area contributed by atoms with E-state index in [0.29, 0.717) is 12.6 Å². The Bertz CT molecular complexity index is 1250. The SMILES string of the molecule is Cc1nc(N[C@@H]2CC[C@H](NC(=O)OC(C)(C)C)C2)nc2ccc(-c3cccc4c3OCCN4)cc12. The molecule has 8 heteroatoms. The topological polar surface area (TPSA) is 97.4 Å². The second-order valence-electron chi connectivity index (χ2n) is 10.3. The number of benzene rings is 2. The molecule has 1 aromatic heterocycles. The van der Waals surface area contributed by atoms with Gasteiger partial charge in [-0.2, -0.15) is 0 Å². The van der Waals surface area contributed by atoms with E-state index in [0.717, 1.165) is 65.0 Å². The van der Waals surface area contributed by atoms with Crippen molar-refractivity contribution in [1.82, 2.24) is 15.3 Å². The molecule has 2 aliphatic rings. The van der Waals surface area contributed by atoms with Gasteiger partial charge in [0, 0.05) is 29.6 Å². The summed E-state index contributed by atoms with van der Waals surface area (Å²) < 4.78 is 11.3. The largest absolute Gasteiger partial charge is 0.489 e. The van der Waals surface area contributed by atoms with Gasteiger partial charge in [-0.3, -0.25) is 0 Å². The molecule has 2 atom stereocenters. The molecule has 8 nitrogen and oxygen atoms in total. The zero-order chi connectivity index (χ0) is 24.6. The van der Waals surface area contributed by atoms with Crippen LogP contribution in [0.3, 0.4) is 0 Å². The first-order valence-electron chi connectivity index (χ1n) is 12.3. The van der Waals surface area contributed by atoms with Crippen molar-refractivity contribution in [2.75, 3.05) is 23.8 Å². The van der Waals surface area contributed by atoms with Crippen LogP contribution >= 0.6 is 0 Å². The van der Waals surface area contributed by atoms with Crippen molar-refractivity contribution >= 4 is 28.6 Å². The number of hydrogen-bond donors (Lipinski definition) is 3. The first-order chi connectivity index (χ1) is 16.7. The number of para-hydroxylation sites is 1. The average Bonchev–Trinajstić information content (AvgIpc) is 3.23. The van der Waals surface area contributed by atoms with E-state index in [1.807, 2.05) is 45.9 Å². The van der Waals surface area contributed by atoms with Crippen LogP contribution in [0.15, 0.2) is 36.4 Å². The lowest BCUT2D eigenvalue weighted by Crippen LogP contribution is -2.38. The van der Waals surface area contributed by atoms with Crippen LogP contribution in [-0.2, 0) is 4.74 Å². The van der Waals surface area contributed by atoms with Crippen LogP contribution in [0.2, 0.25) is 0 Å². The number of amides is 1. The van der Waals surface area contributed by atoms with Gasteiger partial charge in [0.15, 0.2) is 0 Å². The van der Waals surface area contributed by atoms with Crippen LogP contribution in [0.25, 0.3) is 22.0 Å². The van der Waals surface area contributed by atoms with E-state index in [4.69, 9.17) is 19.4 Å². The number of nitrogens with zero attached hydrogens (tertiary/aromatic N) is 2. The molecule has 0 spiro atoms. The maximum absolute atomic E-state index is 12.1. The summed E-state index contributed by atoms with van der Waals surface area (Å²) in [6.45, 7) is 9.09. The number of fused-ring (bicyclic) bond motifs is 2. The zero-order valence-electron chi connectivity index (χ0n) is 20.8. The van der Waals surface area contributed by atoms with Crippen molar-refractivity contribution in [3.05, 3.63) is 42.1 Å². The number of aryl methyl sites for hydroxylation is 1. The fourth-order valence-corrected chi connectivity index (χ4v) is 4.81. The summed E-state index contributed by atoms with van der Waals surface area (Å²) in [6, 6.07) is 12.7. The third kappa shape index (κ3) is 5.26. The van der Waals surface area contributed by atoms with Crippen LogP contribution in [0, 0.1) is 6.92 Å². The van der Waals surface area contributed by atoms with Crippen LogP contribution in [0.4, 0.5) is 16.4 Å². The Labute approximate surface area is 205 Å². The number of nitrogens with one attached hydrogen (secondary N) is 3. The maximum Gasteiger partial charge on any atom is 0.407 e. The molecule has 0 unspecified atom stereocenters. The average molecular weight is 476 g/mol. The van der Waals surface area contributed by atoms with E-state index in [1.54, 1.807) is 0 Å². The third-order valence-electron chi connectivity index (χ3n) is 6.36. The van der Waals surface area contributed by atoms with Gasteiger partial charge < -0.3 is 25.4 Å². The van der Waals surface area contributed by atoms with Crippen molar-refractivity contribution in [2.45, 2.75) is 64.6 Å². The van der Waals surface area contributed by atoms with Crippen LogP contribution < -0.4 is 20.7 Å². The van der Waals surface area contributed by atoms with Gasteiger partial charge in [-0.15, -0.1) is 0 Å². The highest BCUT2D eigenvalue weighted by Gasteiger charge is 2.28. The first-order valence-corrected chi connectivity index (χ1v) is 12.3. The number of aromatic nitrogens is 2. The molecular weight excluding hydrogens is 442 g/mol. The monoisotopic (exact) mass is 475 g/mol. The summed E-state index contributed by atoms with van der Waals surface area (Å²) in [5.74, 6) is 1.51. The highest BCUT2D eigenvalue weighted by molar-refractivity contribution is 5.89. The van der Waals surface area contributed by atoms with Crippen molar-refractivity contribution in [1.29, 1.82) is 0 Å². The van der Waals surface area contributed by atoms with Crippen LogP contribution in [0.5, 0.6) is 5.75 Å². The zero-order valence-corrected chi connectivity index (χ0v) is 20.8. The molecule has 1 amide bonds. The van der Waals surface area contributed by atoms with Crippen molar-refractivity contribution in [2.24, 2.45) is 0 Å². The van der Waals surface area contributed by atoms with Crippen molar-refractivity contribution in [3.63, 3.8) is 0 Å². The van der Waals surface area contributed by atoms with E-state index in [2.05, 4.69) is 34.1 Å². The third-order valence-corrected chi connectivity index (χ3v) is 6.36. The Morgan fingerprint density at radius 2 is 1.97 bits per heavy atom. The van der Waals surface area contributed by atoms with E-state index in [-0.39, 0.29) is 18.2 Å². The maximum atomic E-state index is 12.1. The standard InChI is InChI=1S/C27H33N5O3/c1-16-21-14-17(20-6-5-7-23-24(20)34-13-12-28-23)8-11-22(21)32-25(29-16)30-18-9-10-19(15-18)31-26(33)35-27(2,3)4/h5-8,11,14,18-19,28H,9-10,12-13,15H2,1-4H3,(H,31,33)(H,29,30,32)/t18-,19+/m1/s1. The van der Waals surface area contributed by atoms with Gasteiger partial charge in [0.05, 0.1) is 16.9 Å². The number of anilines is 2. The van der Waals surface area contributed by atoms with Crippen molar-refractivity contribution in [3.8, 4) is 16.9 Å². The van der Waals surface area contributed by atoms with Crippen LogP contribution in [-0.4, -0.2) is 46.9 Å². The Morgan fingerprint density at radius 3 is 2.80 bits per heavy atom. The minimum Gasteiger partial charge on any atom is -0.489 e. The molecule has 2 aromatic carbocycles. The summed E-state index contributed by atoms with van der Waals surface area (Å²) in [4.78, 5) is 21.6. The summed E-state index contributed by atoms with van der Waals surface area (Å²) in [5, 5.41) is 10.9.